The van der Waals surface area contributed by atoms with Crippen molar-refractivity contribution in [1.82, 2.24) is 4.72 Å². The molecule has 0 aromatic carbocycles. The highest BCUT2D eigenvalue weighted by Gasteiger charge is 2.43. The van der Waals surface area contributed by atoms with E-state index in [0.29, 0.717) is 13.2 Å². The topological polar surface area (TPSA) is 81.7 Å². The van der Waals surface area contributed by atoms with Gasteiger partial charge in [0.2, 0.25) is 10.0 Å². The summed E-state index contributed by atoms with van der Waals surface area (Å²) in [6.45, 7) is 6.17. The minimum absolute atomic E-state index is 0.0388. The van der Waals surface area contributed by atoms with Crippen LogP contribution < -0.4 is 4.72 Å². The van der Waals surface area contributed by atoms with E-state index in [2.05, 4.69) is 4.72 Å². The smallest absolute Gasteiger partial charge is 0.312 e. The van der Waals surface area contributed by atoms with E-state index in [-0.39, 0.29) is 17.8 Å². The lowest BCUT2D eigenvalue weighted by atomic mass is 9.97. The highest BCUT2D eigenvalue weighted by atomic mass is 32.2. The van der Waals surface area contributed by atoms with E-state index in [4.69, 9.17) is 9.47 Å². The van der Waals surface area contributed by atoms with Crippen LogP contribution in [0.1, 0.15) is 40.0 Å². The Morgan fingerprint density at radius 3 is 2.43 bits per heavy atom. The third-order valence-electron chi connectivity index (χ3n) is 3.84. The summed E-state index contributed by atoms with van der Waals surface area (Å²) in [5, 5.41) is 0. The lowest BCUT2D eigenvalue weighted by Crippen LogP contribution is -2.41. The first kappa shape index (κ1) is 18.4. The lowest BCUT2D eigenvalue weighted by molar-refractivity contribution is -0.152. The minimum atomic E-state index is -3.51. The Morgan fingerprint density at radius 2 is 1.95 bits per heavy atom. The van der Waals surface area contributed by atoms with E-state index >= 15 is 0 Å². The van der Waals surface area contributed by atoms with Crippen molar-refractivity contribution in [2.45, 2.75) is 40.0 Å². The second kappa shape index (κ2) is 7.07. The number of carbonyl (C=O) groups excluding carboxylic acids is 1. The molecule has 124 valence electrons. The Hall–Kier alpha value is -0.660. The van der Waals surface area contributed by atoms with E-state index in [1.165, 1.54) is 0 Å². The molecular formula is C14H27NO5S. The molecule has 0 aliphatic heterocycles. The maximum absolute atomic E-state index is 12.2. The lowest BCUT2D eigenvalue weighted by Gasteiger charge is -2.23. The van der Waals surface area contributed by atoms with Crippen molar-refractivity contribution in [3.05, 3.63) is 0 Å². The zero-order chi connectivity index (χ0) is 16.1. The molecule has 1 aliphatic rings. The molecule has 0 aromatic rings. The van der Waals surface area contributed by atoms with Gasteiger partial charge in [0, 0.05) is 20.3 Å². The van der Waals surface area contributed by atoms with Crippen LogP contribution in [0.5, 0.6) is 0 Å². The quantitative estimate of drug-likeness (QED) is 0.614. The fraction of sp³-hybridized carbons (Fsp3) is 0.929. The third-order valence-corrected chi connectivity index (χ3v) is 5.53. The van der Waals surface area contributed by atoms with E-state index in [1.807, 2.05) is 0 Å². The first-order chi connectivity index (χ1) is 9.66. The first-order valence-corrected chi connectivity index (χ1v) is 8.95. The SMILES string of the molecule is CCOC(=O)C(C)(C)CS(=O)(=O)NCC1(CCOC)CC1. The van der Waals surface area contributed by atoms with Gasteiger partial charge in [-0.15, -0.1) is 0 Å². The molecule has 0 heterocycles. The second-order valence-electron chi connectivity index (χ2n) is 6.43. The number of nitrogens with one attached hydrogen (secondary N) is 1. The minimum Gasteiger partial charge on any atom is -0.466 e. The fourth-order valence-corrected chi connectivity index (χ4v) is 3.88. The van der Waals surface area contributed by atoms with Crippen LogP contribution in [0.3, 0.4) is 0 Å². The first-order valence-electron chi connectivity index (χ1n) is 7.30. The maximum Gasteiger partial charge on any atom is 0.312 e. The molecule has 1 aliphatic carbocycles. The molecule has 1 rings (SSSR count). The normalized spacial score (nSPS) is 17.5. The number of ether oxygens (including phenoxy) is 2. The van der Waals surface area contributed by atoms with Crippen LogP contribution in [0.2, 0.25) is 0 Å². The predicted octanol–water partition coefficient (Wildman–Crippen LogP) is 1.31. The zero-order valence-corrected chi connectivity index (χ0v) is 14.2. The summed E-state index contributed by atoms with van der Waals surface area (Å²) in [5.41, 5.74) is -1.01. The average Bonchev–Trinajstić information content (AvgIpc) is 3.14. The van der Waals surface area contributed by atoms with Crippen LogP contribution in [-0.2, 0) is 24.3 Å². The second-order valence-corrected chi connectivity index (χ2v) is 8.23. The van der Waals surface area contributed by atoms with Crippen molar-refractivity contribution in [2.75, 3.05) is 32.6 Å². The number of rotatable bonds is 10. The summed E-state index contributed by atoms with van der Waals surface area (Å²) in [6.07, 6.45) is 2.88. The number of esters is 1. The van der Waals surface area contributed by atoms with Crippen LogP contribution >= 0.6 is 0 Å². The van der Waals surface area contributed by atoms with Crippen LogP contribution in [0.25, 0.3) is 0 Å². The molecule has 0 amide bonds. The Labute approximate surface area is 127 Å². The molecule has 1 fully saturated rings. The van der Waals surface area contributed by atoms with Gasteiger partial charge < -0.3 is 9.47 Å². The van der Waals surface area contributed by atoms with Gasteiger partial charge in [0.15, 0.2) is 0 Å². The third kappa shape index (κ3) is 5.92. The molecule has 0 bridgehead atoms. The zero-order valence-electron chi connectivity index (χ0n) is 13.4. The number of hydrogen-bond acceptors (Lipinski definition) is 5. The molecule has 0 atom stereocenters. The summed E-state index contributed by atoms with van der Waals surface area (Å²) in [7, 11) is -1.87. The fourth-order valence-electron chi connectivity index (χ4n) is 2.19. The summed E-state index contributed by atoms with van der Waals surface area (Å²) in [4.78, 5) is 11.8. The standard InChI is InChI=1S/C14H27NO5S/c1-5-20-12(16)13(2,3)11-21(17,18)15-10-14(6-7-14)8-9-19-4/h15H,5-11H2,1-4H3. The molecule has 0 unspecified atom stereocenters. The molecular weight excluding hydrogens is 294 g/mol. The molecule has 6 nitrogen and oxygen atoms in total. The largest absolute Gasteiger partial charge is 0.466 e. The highest BCUT2D eigenvalue weighted by Crippen LogP contribution is 2.48. The Balaban J connectivity index is 2.52. The van der Waals surface area contributed by atoms with Gasteiger partial charge in [0.1, 0.15) is 0 Å². The molecule has 0 radical (unpaired) electrons. The van der Waals surface area contributed by atoms with E-state index < -0.39 is 21.4 Å². The van der Waals surface area contributed by atoms with Gasteiger partial charge in [0.25, 0.3) is 0 Å². The van der Waals surface area contributed by atoms with E-state index in [0.717, 1.165) is 19.3 Å². The van der Waals surface area contributed by atoms with Crippen molar-refractivity contribution in [1.29, 1.82) is 0 Å². The molecule has 7 heteroatoms. The summed E-state index contributed by atoms with van der Waals surface area (Å²) < 4.78 is 36.9. The summed E-state index contributed by atoms with van der Waals surface area (Å²) in [5.74, 6) is -0.755. The molecule has 1 N–H and O–H groups in total. The van der Waals surface area contributed by atoms with Crippen LogP contribution in [0, 0.1) is 10.8 Å². The molecule has 1 saturated carbocycles. The van der Waals surface area contributed by atoms with E-state index in [9.17, 15) is 13.2 Å². The molecule has 0 spiro atoms. The van der Waals surface area contributed by atoms with Gasteiger partial charge in [-0.25, -0.2) is 13.1 Å². The van der Waals surface area contributed by atoms with Crippen LogP contribution in [-0.4, -0.2) is 47.0 Å². The van der Waals surface area contributed by atoms with Gasteiger partial charge in [0.05, 0.1) is 17.8 Å². The van der Waals surface area contributed by atoms with Gasteiger partial charge >= 0.3 is 5.97 Å². The average molecular weight is 321 g/mol. The highest BCUT2D eigenvalue weighted by molar-refractivity contribution is 7.89. The van der Waals surface area contributed by atoms with Gasteiger partial charge in [-0.2, -0.15) is 0 Å². The molecule has 0 saturated heterocycles. The molecule has 0 aromatic heterocycles. The number of sulfonamides is 1. The van der Waals surface area contributed by atoms with Crippen molar-refractivity contribution >= 4 is 16.0 Å². The monoisotopic (exact) mass is 321 g/mol. The maximum atomic E-state index is 12.2. The Morgan fingerprint density at radius 1 is 1.33 bits per heavy atom. The van der Waals surface area contributed by atoms with Crippen molar-refractivity contribution in [2.24, 2.45) is 10.8 Å². The van der Waals surface area contributed by atoms with Crippen molar-refractivity contribution < 1.29 is 22.7 Å². The van der Waals surface area contributed by atoms with Gasteiger partial charge in [-0.3, -0.25) is 4.79 Å². The number of hydrogen-bond donors (Lipinski definition) is 1. The van der Waals surface area contributed by atoms with Gasteiger partial charge in [-0.1, -0.05) is 0 Å². The van der Waals surface area contributed by atoms with Crippen LogP contribution in [0.15, 0.2) is 0 Å². The summed E-state index contributed by atoms with van der Waals surface area (Å²) in [6, 6.07) is 0. The predicted molar refractivity (Wildman–Crippen MR) is 80.4 cm³/mol. The Bertz CT molecular complexity index is 454. The Kier molecular flexibility index (Phi) is 6.19. The van der Waals surface area contributed by atoms with Crippen molar-refractivity contribution in [3.63, 3.8) is 0 Å². The number of carbonyl (C=O) groups is 1. The van der Waals surface area contributed by atoms with Crippen LogP contribution in [0.4, 0.5) is 0 Å². The summed E-state index contributed by atoms with van der Waals surface area (Å²) >= 11 is 0. The number of methoxy groups -OCH3 is 1. The van der Waals surface area contributed by atoms with Gasteiger partial charge in [-0.05, 0) is 45.4 Å². The van der Waals surface area contributed by atoms with Crippen molar-refractivity contribution in [3.8, 4) is 0 Å². The molecule has 21 heavy (non-hydrogen) atoms. The van der Waals surface area contributed by atoms with E-state index in [1.54, 1.807) is 27.9 Å².